The summed E-state index contributed by atoms with van der Waals surface area (Å²) in [6.45, 7) is 4.72. The molecule has 33 heavy (non-hydrogen) atoms. The molecule has 1 aromatic heterocycles. The molecule has 3 rings (SSSR count). The number of alkyl halides is 4. The number of hydrazine groups is 1. The summed E-state index contributed by atoms with van der Waals surface area (Å²) in [6.07, 6.45) is -2.73. The number of halogens is 4. The van der Waals surface area contributed by atoms with Gasteiger partial charge in [-0.2, -0.15) is 13.2 Å². The van der Waals surface area contributed by atoms with Gasteiger partial charge in [-0.3, -0.25) is 15.0 Å². The summed E-state index contributed by atoms with van der Waals surface area (Å²) in [5, 5.41) is 2.55. The molecule has 3 atom stereocenters. The first-order chi connectivity index (χ1) is 15.6. The van der Waals surface area contributed by atoms with E-state index in [1.54, 1.807) is 9.80 Å². The van der Waals surface area contributed by atoms with Crippen LogP contribution in [0.5, 0.6) is 0 Å². The van der Waals surface area contributed by atoms with Gasteiger partial charge in [0.05, 0.1) is 25.2 Å². The number of carbonyl (C=O) groups excluding carboxylic acids is 2. The van der Waals surface area contributed by atoms with Crippen LogP contribution in [-0.2, 0) is 20.5 Å². The van der Waals surface area contributed by atoms with Crippen molar-refractivity contribution in [3.8, 4) is 0 Å². The predicted octanol–water partition coefficient (Wildman–Crippen LogP) is 0.139. The molecule has 0 aromatic carbocycles. The highest BCUT2D eigenvalue weighted by atomic mass is 35.5. The maximum absolute atomic E-state index is 12.6. The number of anilines is 1. The van der Waals surface area contributed by atoms with E-state index in [2.05, 4.69) is 26.1 Å². The molecule has 0 radical (unpaired) electrons. The minimum absolute atomic E-state index is 0.0578. The van der Waals surface area contributed by atoms with E-state index < -0.39 is 17.1 Å². The van der Waals surface area contributed by atoms with Crippen LogP contribution in [0, 0.1) is 0 Å². The quantitative estimate of drug-likeness (QED) is 0.346. The van der Waals surface area contributed by atoms with Crippen LogP contribution in [0.25, 0.3) is 0 Å². The lowest BCUT2D eigenvalue weighted by atomic mass is 10.1. The van der Waals surface area contributed by atoms with Gasteiger partial charge in [-0.25, -0.2) is 15.4 Å². The highest BCUT2D eigenvalue weighted by Gasteiger charge is 2.32. The Morgan fingerprint density at radius 3 is 2.61 bits per heavy atom. The van der Waals surface area contributed by atoms with Crippen LogP contribution in [0.2, 0.25) is 0 Å². The summed E-state index contributed by atoms with van der Waals surface area (Å²) in [6, 6.07) is -0.295. The average Bonchev–Trinajstić information content (AvgIpc) is 2.79. The Hall–Kier alpha value is -2.22. The summed E-state index contributed by atoms with van der Waals surface area (Å²) >= 11 is 6.08. The van der Waals surface area contributed by atoms with Gasteiger partial charge in [-0.05, 0) is 6.92 Å². The third-order valence-electron chi connectivity index (χ3n) is 5.34. The number of aromatic nitrogens is 2. The van der Waals surface area contributed by atoms with Crippen molar-refractivity contribution in [3.63, 3.8) is 0 Å². The monoisotopic (exact) mass is 493 g/mol. The van der Waals surface area contributed by atoms with Crippen LogP contribution in [0.1, 0.15) is 18.9 Å². The molecule has 0 spiro atoms. The van der Waals surface area contributed by atoms with Crippen molar-refractivity contribution in [2.75, 3.05) is 50.8 Å². The molecule has 184 valence electrons. The van der Waals surface area contributed by atoms with E-state index in [4.69, 9.17) is 16.3 Å². The summed E-state index contributed by atoms with van der Waals surface area (Å²) in [7, 11) is 0. The van der Waals surface area contributed by atoms with Gasteiger partial charge in [0, 0.05) is 57.2 Å². The third kappa shape index (κ3) is 7.13. The average molecular weight is 494 g/mol. The Bertz CT molecular complexity index is 807. The lowest BCUT2D eigenvalue weighted by Crippen LogP contribution is -2.62. The van der Waals surface area contributed by atoms with Crippen LogP contribution in [-0.4, -0.2) is 90.1 Å². The molecule has 0 aliphatic carbocycles. The van der Waals surface area contributed by atoms with E-state index in [9.17, 15) is 22.8 Å². The van der Waals surface area contributed by atoms with E-state index in [0.717, 1.165) is 12.4 Å². The van der Waals surface area contributed by atoms with Crippen molar-refractivity contribution in [1.82, 2.24) is 31.0 Å². The molecule has 2 fully saturated rings. The summed E-state index contributed by atoms with van der Waals surface area (Å²) < 4.78 is 43.5. The predicted molar refractivity (Wildman–Crippen MR) is 113 cm³/mol. The Labute approximate surface area is 194 Å². The topological polar surface area (TPSA) is 112 Å². The minimum atomic E-state index is -4.48. The zero-order valence-corrected chi connectivity index (χ0v) is 18.8. The Kier molecular flexibility index (Phi) is 8.68. The zero-order chi connectivity index (χ0) is 24.0. The van der Waals surface area contributed by atoms with E-state index in [1.165, 1.54) is 0 Å². The second-order valence-electron chi connectivity index (χ2n) is 7.91. The zero-order valence-electron chi connectivity index (χ0n) is 18.1. The fourth-order valence-corrected chi connectivity index (χ4v) is 3.74. The van der Waals surface area contributed by atoms with E-state index >= 15 is 0 Å². The van der Waals surface area contributed by atoms with Gasteiger partial charge in [-0.15, -0.1) is 11.6 Å². The fourth-order valence-electron chi connectivity index (χ4n) is 3.52. The molecular weight excluding hydrogens is 467 g/mol. The number of rotatable bonds is 8. The lowest BCUT2D eigenvalue weighted by Gasteiger charge is -2.34. The largest absolute Gasteiger partial charge is 0.419 e. The van der Waals surface area contributed by atoms with Gasteiger partial charge >= 0.3 is 6.18 Å². The third-order valence-corrected chi connectivity index (χ3v) is 5.85. The Morgan fingerprint density at radius 2 is 1.97 bits per heavy atom. The highest BCUT2D eigenvalue weighted by molar-refractivity contribution is 6.31. The standard InChI is InChI=1S/C19H27ClF3N7O3/c1-12(27-14-10-26-28-17(32)16(14)20)11-33-7-2-15(31)29-3-5-30(6-4-29)18-24-8-13(9-25-18)19(21,22)23/h8-9,12,14,16,26-27H,2-7,10-11H2,1H3,(H,28,32)/t12-,14?,16?/m0/s1. The second kappa shape index (κ2) is 11.3. The molecular formula is C19H27ClF3N7O3. The first-order valence-electron chi connectivity index (χ1n) is 10.6. The molecule has 0 bridgehead atoms. The van der Waals surface area contributed by atoms with E-state index in [1.807, 2.05) is 6.92 Å². The van der Waals surface area contributed by atoms with Gasteiger partial charge in [0.25, 0.3) is 5.91 Å². The molecule has 1 aromatic rings. The maximum atomic E-state index is 12.6. The lowest BCUT2D eigenvalue weighted by molar-refractivity contribution is -0.138. The first-order valence-corrected chi connectivity index (χ1v) is 11.0. The molecule has 2 unspecified atom stereocenters. The van der Waals surface area contributed by atoms with Crippen LogP contribution in [0.3, 0.4) is 0 Å². The number of nitrogens with zero attached hydrogens (tertiary/aromatic N) is 4. The molecule has 3 heterocycles. The van der Waals surface area contributed by atoms with Gasteiger partial charge in [-0.1, -0.05) is 0 Å². The second-order valence-corrected chi connectivity index (χ2v) is 8.38. The molecule has 2 saturated heterocycles. The molecule has 14 heteroatoms. The fraction of sp³-hybridized carbons (Fsp3) is 0.684. The summed E-state index contributed by atoms with van der Waals surface area (Å²) in [5.41, 5.74) is 4.34. The van der Waals surface area contributed by atoms with Crippen molar-refractivity contribution in [2.24, 2.45) is 0 Å². The number of nitrogens with one attached hydrogen (secondary N) is 3. The summed E-state index contributed by atoms with van der Waals surface area (Å²) in [4.78, 5) is 35.0. The molecule has 10 nitrogen and oxygen atoms in total. The van der Waals surface area contributed by atoms with E-state index in [-0.39, 0.29) is 42.9 Å². The number of hydrogen-bond donors (Lipinski definition) is 3. The molecule has 3 N–H and O–H groups in total. The van der Waals surface area contributed by atoms with Gasteiger partial charge in [0.1, 0.15) is 5.38 Å². The van der Waals surface area contributed by atoms with Gasteiger partial charge in [0.2, 0.25) is 11.9 Å². The number of carbonyl (C=O) groups is 2. The SMILES string of the molecule is C[C@@H](COCCC(=O)N1CCN(c2ncc(C(F)(F)F)cn2)CC1)NC1CNNC(=O)C1Cl. The van der Waals surface area contributed by atoms with Gasteiger partial charge in [0.15, 0.2) is 0 Å². The molecule has 2 aliphatic rings. The van der Waals surface area contributed by atoms with Crippen LogP contribution < -0.4 is 21.1 Å². The van der Waals surface area contributed by atoms with Crippen molar-refractivity contribution in [2.45, 2.75) is 37.0 Å². The Morgan fingerprint density at radius 1 is 1.30 bits per heavy atom. The minimum Gasteiger partial charge on any atom is -0.379 e. The molecule has 0 saturated carbocycles. The van der Waals surface area contributed by atoms with Crippen molar-refractivity contribution in [1.29, 1.82) is 0 Å². The number of piperazine rings is 1. The van der Waals surface area contributed by atoms with E-state index in [0.29, 0.717) is 39.3 Å². The molecule has 2 amide bonds. The molecule has 2 aliphatic heterocycles. The van der Waals surface area contributed by atoms with Crippen molar-refractivity contribution in [3.05, 3.63) is 18.0 Å². The number of ether oxygens (including phenoxy) is 1. The van der Waals surface area contributed by atoms with Crippen molar-refractivity contribution < 1.29 is 27.5 Å². The number of hydrogen-bond acceptors (Lipinski definition) is 8. The summed E-state index contributed by atoms with van der Waals surface area (Å²) in [5.74, 6) is -0.133. The van der Waals surface area contributed by atoms with Crippen LogP contribution in [0.4, 0.5) is 19.1 Å². The van der Waals surface area contributed by atoms with Crippen LogP contribution >= 0.6 is 11.6 Å². The highest BCUT2D eigenvalue weighted by Crippen LogP contribution is 2.28. The maximum Gasteiger partial charge on any atom is 0.419 e. The van der Waals surface area contributed by atoms with Gasteiger partial charge < -0.3 is 19.9 Å². The van der Waals surface area contributed by atoms with Crippen molar-refractivity contribution >= 4 is 29.4 Å². The normalized spacial score (nSPS) is 22.8. The Balaban J connectivity index is 1.33. The van der Waals surface area contributed by atoms with Crippen LogP contribution in [0.15, 0.2) is 12.4 Å². The smallest absolute Gasteiger partial charge is 0.379 e. The first kappa shape index (κ1) is 25.4. The number of amides is 2.